The molecule has 82 valence electrons. The van der Waals surface area contributed by atoms with Crippen molar-refractivity contribution in [2.45, 2.75) is 37.6 Å². The molecular formula is C12H15F2N. The van der Waals surface area contributed by atoms with Gasteiger partial charge in [-0.3, -0.25) is 0 Å². The molecule has 0 atom stereocenters. The molecule has 1 aromatic carbocycles. The molecule has 3 heteroatoms. The van der Waals surface area contributed by atoms with Crippen LogP contribution in [0, 0.1) is 11.6 Å². The molecule has 0 spiro atoms. The third-order valence-electron chi connectivity index (χ3n) is 3.15. The Labute approximate surface area is 88.3 Å². The van der Waals surface area contributed by atoms with E-state index in [0.29, 0.717) is 12.0 Å². The molecular weight excluding hydrogens is 196 g/mol. The van der Waals surface area contributed by atoms with Gasteiger partial charge >= 0.3 is 0 Å². The fraction of sp³-hybridized carbons (Fsp3) is 0.500. The van der Waals surface area contributed by atoms with Crippen molar-refractivity contribution in [3.63, 3.8) is 0 Å². The lowest BCUT2D eigenvalue weighted by molar-refractivity contribution is 0.425. The van der Waals surface area contributed by atoms with Crippen molar-refractivity contribution in [2.24, 2.45) is 5.73 Å². The van der Waals surface area contributed by atoms with E-state index >= 15 is 0 Å². The number of hydrogen-bond acceptors (Lipinski definition) is 1. The molecule has 0 aliphatic heterocycles. The van der Waals surface area contributed by atoms with Crippen molar-refractivity contribution in [3.05, 3.63) is 35.4 Å². The summed E-state index contributed by atoms with van der Waals surface area (Å²) in [7, 11) is 0. The van der Waals surface area contributed by atoms with Gasteiger partial charge in [-0.25, -0.2) is 8.78 Å². The van der Waals surface area contributed by atoms with Crippen LogP contribution in [0.3, 0.4) is 0 Å². The fourth-order valence-electron chi connectivity index (χ4n) is 2.31. The van der Waals surface area contributed by atoms with Crippen LogP contribution in [0.25, 0.3) is 0 Å². The first-order valence-electron chi connectivity index (χ1n) is 5.32. The molecule has 0 aromatic heterocycles. The van der Waals surface area contributed by atoms with Gasteiger partial charge in [0, 0.05) is 5.54 Å². The number of hydrogen-bond donors (Lipinski definition) is 1. The monoisotopic (exact) mass is 211 g/mol. The van der Waals surface area contributed by atoms with Crippen LogP contribution in [-0.2, 0) is 6.42 Å². The van der Waals surface area contributed by atoms with E-state index in [1.807, 2.05) is 0 Å². The Morgan fingerprint density at radius 3 is 2.53 bits per heavy atom. The maximum atomic E-state index is 13.4. The Hall–Kier alpha value is -0.960. The molecule has 0 amide bonds. The molecule has 0 bridgehead atoms. The van der Waals surface area contributed by atoms with Crippen molar-refractivity contribution in [1.82, 2.24) is 0 Å². The minimum Gasteiger partial charge on any atom is -0.325 e. The molecule has 2 rings (SSSR count). The van der Waals surface area contributed by atoms with Gasteiger partial charge in [-0.2, -0.15) is 0 Å². The molecule has 0 unspecified atom stereocenters. The highest BCUT2D eigenvalue weighted by Gasteiger charge is 2.30. The molecule has 0 radical (unpaired) electrons. The van der Waals surface area contributed by atoms with E-state index in [1.165, 1.54) is 12.1 Å². The maximum absolute atomic E-state index is 13.4. The summed E-state index contributed by atoms with van der Waals surface area (Å²) in [6, 6.07) is 3.56. The highest BCUT2D eigenvalue weighted by Crippen LogP contribution is 2.31. The van der Waals surface area contributed by atoms with Crippen LogP contribution < -0.4 is 5.73 Å². The molecule has 15 heavy (non-hydrogen) atoms. The van der Waals surface area contributed by atoms with Gasteiger partial charge in [0.1, 0.15) is 11.6 Å². The van der Waals surface area contributed by atoms with Gasteiger partial charge in [-0.1, -0.05) is 12.8 Å². The van der Waals surface area contributed by atoms with E-state index in [4.69, 9.17) is 5.73 Å². The van der Waals surface area contributed by atoms with E-state index < -0.39 is 5.82 Å². The van der Waals surface area contributed by atoms with Gasteiger partial charge in [0.2, 0.25) is 0 Å². The average Bonchev–Trinajstić information content (AvgIpc) is 2.59. The molecule has 0 heterocycles. The summed E-state index contributed by atoms with van der Waals surface area (Å²) in [6.07, 6.45) is 4.43. The van der Waals surface area contributed by atoms with Crippen LogP contribution in [0.15, 0.2) is 18.2 Å². The van der Waals surface area contributed by atoms with Crippen LogP contribution in [0.1, 0.15) is 31.2 Å². The first kappa shape index (κ1) is 10.6. The van der Waals surface area contributed by atoms with Gasteiger partial charge in [0.15, 0.2) is 0 Å². The largest absolute Gasteiger partial charge is 0.325 e. The summed E-state index contributed by atoms with van der Waals surface area (Å²) in [5.41, 5.74) is 6.20. The molecule has 1 nitrogen and oxygen atoms in total. The van der Waals surface area contributed by atoms with E-state index in [-0.39, 0.29) is 11.4 Å². The molecule has 1 aromatic rings. The van der Waals surface area contributed by atoms with E-state index in [1.54, 1.807) is 0 Å². The normalized spacial score (nSPS) is 19.4. The Kier molecular flexibility index (Phi) is 2.74. The molecule has 2 N–H and O–H groups in total. The van der Waals surface area contributed by atoms with Gasteiger partial charge in [0.05, 0.1) is 0 Å². The Morgan fingerprint density at radius 1 is 1.20 bits per heavy atom. The van der Waals surface area contributed by atoms with Crippen LogP contribution in [0.4, 0.5) is 8.78 Å². The molecule has 0 saturated heterocycles. The lowest BCUT2D eigenvalue weighted by Crippen LogP contribution is -2.39. The second-order valence-corrected chi connectivity index (χ2v) is 4.48. The third kappa shape index (κ3) is 2.34. The van der Waals surface area contributed by atoms with Crippen molar-refractivity contribution < 1.29 is 8.78 Å². The third-order valence-corrected chi connectivity index (χ3v) is 3.15. The highest BCUT2D eigenvalue weighted by molar-refractivity contribution is 5.21. The molecule has 1 saturated carbocycles. The minimum atomic E-state index is -0.395. The first-order chi connectivity index (χ1) is 7.09. The molecule has 1 fully saturated rings. The van der Waals surface area contributed by atoms with Crippen molar-refractivity contribution in [2.75, 3.05) is 0 Å². The van der Waals surface area contributed by atoms with E-state index in [9.17, 15) is 8.78 Å². The van der Waals surface area contributed by atoms with Crippen LogP contribution in [0.5, 0.6) is 0 Å². The zero-order valence-corrected chi connectivity index (χ0v) is 8.60. The summed E-state index contributed by atoms with van der Waals surface area (Å²) in [6.45, 7) is 0. The Morgan fingerprint density at radius 2 is 1.87 bits per heavy atom. The van der Waals surface area contributed by atoms with Crippen LogP contribution in [0.2, 0.25) is 0 Å². The average molecular weight is 211 g/mol. The van der Waals surface area contributed by atoms with E-state index in [2.05, 4.69) is 0 Å². The summed E-state index contributed by atoms with van der Waals surface area (Å²) >= 11 is 0. The zero-order valence-electron chi connectivity index (χ0n) is 8.60. The number of nitrogens with two attached hydrogens (primary N) is 1. The quantitative estimate of drug-likeness (QED) is 0.799. The fourth-order valence-corrected chi connectivity index (χ4v) is 2.31. The van der Waals surface area contributed by atoms with Crippen LogP contribution in [-0.4, -0.2) is 5.54 Å². The Balaban J connectivity index is 2.19. The second-order valence-electron chi connectivity index (χ2n) is 4.48. The number of rotatable bonds is 2. The van der Waals surface area contributed by atoms with Gasteiger partial charge in [-0.05, 0) is 43.0 Å². The smallest absolute Gasteiger partial charge is 0.126 e. The zero-order chi connectivity index (χ0) is 10.9. The summed E-state index contributed by atoms with van der Waals surface area (Å²) in [5, 5.41) is 0. The second kappa shape index (κ2) is 3.89. The number of benzene rings is 1. The summed E-state index contributed by atoms with van der Waals surface area (Å²) in [4.78, 5) is 0. The number of halogens is 2. The van der Waals surface area contributed by atoms with Gasteiger partial charge in [-0.15, -0.1) is 0 Å². The minimum absolute atomic E-state index is 0.325. The van der Waals surface area contributed by atoms with Crippen molar-refractivity contribution in [1.29, 1.82) is 0 Å². The van der Waals surface area contributed by atoms with Crippen molar-refractivity contribution >= 4 is 0 Å². The summed E-state index contributed by atoms with van der Waals surface area (Å²) in [5.74, 6) is -0.749. The maximum Gasteiger partial charge on any atom is 0.126 e. The first-order valence-corrected chi connectivity index (χ1v) is 5.32. The highest BCUT2D eigenvalue weighted by atomic mass is 19.1. The molecule has 1 aliphatic carbocycles. The lowest BCUT2D eigenvalue weighted by atomic mass is 9.90. The van der Waals surface area contributed by atoms with E-state index in [0.717, 1.165) is 31.7 Å². The van der Waals surface area contributed by atoms with Gasteiger partial charge < -0.3 is 5.73 Å². The lowest BCUT2D eigenvalue weighted by Gasteiger charge is -2.23. The molecule has 1 aliphatic rings. The van der Waals surface area contributed by atoms with Crippen molar-refractivity contribution in [3.8, 4) is 0 Å². The Bertz CT molecular complexity index is 357. The predicted molar refractivity (Wildman–Crippen MR) is 55.4 cm³/mol. The van der Waals surface area contributed by atoms with Crippen LogP contribution >= 0.6 is 0 Å². The predicted octanol–water partition coefficient (Wildman–Crippen LogP) is 2.78. The summed E-state index contributed by atoms with van der Waals surface area (Å²) < 4.78 is 26.3. The van der Waals surface area contributed by atoms with Gasteiger partial charge in [0.25, 0.3) is 0 Å². The SMILES string of the molecule is NC1(Cc2cc(F)ccc2F)CCCC1. The topological polar surface area (TPSA) is 26.0 Å². The standard InChI is InChI=1S/C12H15F2N/c13-10-3-4-11(14)9(7-10)8-12(15)5-1-2-6-12/h3-4,7H,1-2,5-6,8,15H2.